The van der Waals surface area contributed by atoms with E-state index in [1.54, 1.807) is 0 Å². The van der Waals surface area contributed by atoms with Crippen LogP contribution in [0.3, 0.4) is 0 Å². The van der Waals surface area contributed by atoms with Gasteiger partial charge >= 0.3 is 6.61 Å². The summed E-state index contributed by atoms with van der Waals surface area (Å²) < 4.78 is 28.3. The summed E-state index contributed by atoms with van der Waals surface area (Å²) in [6.07, 6.45) is 3.08. The van der Waals surface area contributed by atoms with Crippen molar-refractivity contribution in [3.05, 3.63) is 29.8 Å². The fourth-order valence-electron chi connectivity index (χ4n) is 1.87. The number of carbonyl (C=O) groups is 1. The highest BCUT2D eigenvalue weighted by Crippen LogP contribution is 2.22. The lowest BCUT2D eigenvalue weighted by Crippen LogP contribution is -2.10. The Balaban J connectivity index is 2.70. The second-order valence-corrected chi connectivity index (χ2v) is 4.43. The number of unbranched alkanes of at least 4 members (excludes halogenated alkanes) is 2. The zero-order valence-corrected chi connectivity index (χ0v) is 11.3. The van der Waals surface area contributed by atoms with Gasteiger partial charge in [0.15, 0.2) is 5.78 Å². The van der Waals surface area contributed by atoms with Gasteiger partial charge in [0, 0.05) is 6.42 Å². The molecule has 0 bridgehead atoms. The molecule has 0 radical (unpaired) electrons. The van der Waals surface area contributed by atoms with Crippen molar-refractivity contribution in [2.75, 3.05) is 0 Å². The Hall–Kier alpha value is -1.96. The number of hydrogen-bond acceptors (Lipinski definition) is 3. The van der Waals surface area contributed by atoms with Gasteiger partial charge in [-0.2, -0.15) is 14.0 Å². The number of carbonyl (C=O) groups excluding carboxylic acids is 1. The fraction of sp³-hybridized carbons (Fsp3) is 0.467. The Morgan fingerprint density at radius 1 is 1.30 bits per heavy atom. The number of ether oxygens (including phenoxy) is 1. The number of rotatable bonds is 8. The molecule has 0 aliphatic carbocycles. The summed E-state index contributed by atoms with van der Waals surface area (Å²) in [5, 5.41) is 9.10. The lowest BCUT2D eigenvalue weighted by atomic mass is 9.93. The van der Waals surface area contributed by atoms with Gasteiger partial charge in [-0.05, 0) is 24.1 Å². The predicted octanol–water partition coefficient (Wildman–Crippen LogP) is 4.04. The summed E-state index contributed by atoms with van der Waals surface area (Å²) in [5.41, 5.74) is 0.510. The minimum Gasteiger partial charge on any atom is -0.435 e. The molecule has 0 N–H and O–H groups in total. The average molecular weight is 281 g/mol. The standard InChI is InChI=1S/C15H17F2NO2/c1-2-3-4-5-14(19)13(10-18)11-6-8-12(9-7-11)20-15(16)17/h6-9,13,15H,2-5H2,1H3. The minimum absolute atomic E-state index is 0.0128. The fourth-order valence-corrected chi connectivity index (χ4v) is 1.87. The number of nitriles is 1. The van der Waals surface area contributed by atoms with E-state index in [0.29, 0.717) is 12.0 Å². The first-order chi connectivity index (χ1) is 9.58. The third-order valence-corrected chi connectivity index (χ3v) is 2.92. The third-order valence-electron chi connectivity index (χ3n) is 2.92. The van der Waals surface area contributed by atoms with Crippen LogP contribution in [-0.4, -0.2) is 12.4 Å². The zero-order chi connectivity index (χ0) is 15.0. The summed E-state index contributed by atoms with van der Waals surface area (Å²) >= 11 is 0. The molecule has 0 spiro atoms. The summed E-state index contributed by atoms with van der Waals surface area (Å²) in [6, 6.07) is 7.59. The number of ketones is 1. The van der Waals surface area contributed by atoms with Crippen molar-refractivity contribution in [2.24, 2.45) is 0 Å². The first kappa shape index (κ1) is 16.1. The van der Waals surface area contributed by atoms with Crippen LogP contribution in [0.2, 0.25) is 0 Å². The maximum absolute atomic E-state index is 12.0. The molecule has 0 aliphatic rings. The molecular formula is C15H17F2NO2. The molecule has 108 valence electrons. The van der Waals surface area contributed by atoms with Crippen LogP contribution in [0.1, 0.15) is 44.1 Å². The van der Waals surface area contributed by atoms with Crippen LogP contribution in [0, 0.1) is 11.3 Å². The lowest BCUT2D eigenvalue weighted by molar-refractivity contribution is -0.119. The summed E-state index contributed by atoms with van der Waals surface area (Å²) in [5.74, 6) is -0.963. The van der Waals surface area contributed by atoms with Gasteiger partial charge in [-0.3, -0.25) is 4.79 Å². The van der Waals surface area contributed by atoms with Crippen LogP contribution >= 0.6 is 0 Å². The van der Waals surface area contributed by atoms with Gasteiger partial charge in [-0.25, -0.2) is 0 Å². The molecule has 1 aromatic carbocycles. The molecule has 20 heavy (non-hydrogen) atoms. The number of benzene rings is 1. The molecule has 0 fully saturated rings. The van der Waals surface area contributed by atoms with Gasteiger partial charge < -0.3 is 4.74 Å². The summed E-state index contributed by atoms with van der Waals surface area (Å²) in [7, 11) is 0. The monoisotopic (exact) mass is 281 g/mol. The largest absolute Gasteiger partial charge is 0.435 e. The molecule has 1 atom stereocenters. The third kappa shape index (κ3) is 4.96. The SMILES string of the molecule is CCCCCC(=O)C(C#N)c1ccc(OC(F)F)cc1. The van der Waals surface area contributed by atoms with Gasteiger partial charge in [0.05, 0.1) is 6.07 Å². The maximum atomic E-state index is 12.0. The second kappa shape index (κ2) is 8.26. The van der Waals surface area contributed by atoms with E-state index in [1.165, 1.54) is 24.3 Å². The van der Waals surface area contributed by atoms with Crippen molar-refractivity contribution in [3.8, 4) is 11.8 Å². The lowest BCUT2D eigenvalue weighted by Gasteiger charge is -2.10. The Morgan fingerprint density at radius 2 is 1.95 bits per heavy atom. The van der Waals surface area contributed by atoms with Crippen LogP contribution in [0.25, 0.3) is 0 Å². The van der Waals surface area contributed by atoms with Gasteiger partial charge in [-0.1, -0.05) is 31.9 Å². The van der Waals surface area contributed by atoms with Crippen LogP contribution in [0.4, 0.5) is 8.78 Å². The number of halogens is 2. The molecule has 3 nitrogen and oxygen atoms in total. The van der Waals surface area contributed by atoms with Crippen LogP contribution < -0.4 is 4.74 Å². The van der Waals surface area contributed by atoms with Gasteiger partial charge in [-0.15, -0.1) is 0 Å². The quantitative estimate of drug-likeness (QED) is 0.675. The van der Waals surface area contributed by atoms with E-state index in [0.717, 1.165) is 19.3 Å². The highest BCUT2D eigenvalue weighted by atomic mass is 19.3. The molecule has 0 amide bonds. The van der Waals surface area contributed by atoms with E-state index in [-0.39, 0.29) is 11.5 Å². The van der Waals surface area contributed by atoms with E-state index in [9.17, 15) is 13.6 Å². The summed E-state index contributed by atoms with van der Waals surface area (Å²) in [6.45, 7) is -0.850. The van der Waals surface area contributed by atoms with Crippen LogP contribution in [0.15, 0.2) is 24.3 Å². The first-order valence-electron chi connectivity index (χ1n) is 6.55. The molecule has 1 rings (SSSR count). The first-order valence-corrected chi connectivity index (χ1v) is 6.55. The van der Waals surface area contributed by atoms with E-state index in [4.69, 9.17) is 5.26 Å². The molecule has 0 aromatic heterocycles. The Labute approximate surface area is 117 Å². The van der Waals surface area contributed by atoms with E-state index in [1.807, 2.05) is 13.0 Å². The number of Topliss-reactive ketones (excluding diaryl/α,β-unsaturated/α-hetero) is 1. The van der Waals surface area contributed by atoms with E-state index in [2.05, 4.69) is 4.74 Å². The topological polar surface area (TPSA) is 50.1 Å². The highest BCUT2D eigenvalue weighted by Gasteiger charge is 2.19. The number of hydrogen-bond donors (Lipinski definition) is 0. The molecule has 1 aromatic rings. The normalized spacial score (nSPS) is 11.9. The van der Waals surface area contributed by atoms with Gasteiger partial charge in [0.2, 0.25) is 0 Å². The van der Waals surface area contributed by atoms with Crippen molar-refractivity contribution in [1.29, 1.82) is 5.26 Å². The van der Waals surface area contributed by atoms with Gasteiger partial charge in [0.25, 0.3) is 0 Å². The Morgan fingerprint density at radius 3 is 2.45 bits per heavy atom. The highest BCUT2D eigenvalue weighted by molar-refractivity contribution is 5.88. The number of alkyl halides is 2. The van der Waals surface area contributed by atoms with Crippen molar-refractivity contribution in [1.82, 2.24) is 0 Å². The smallest absolute Gasteiger partial charge is 0.387 e. The minimum atomic E-state index is -2.89. The number of nitrogens with zero attached hydrogens (tertiary/aromatic N) is 1. The summed E-state index contributed by atoms with van der Waals surface area (Å²) in [4.78, 5) is 11.9. The Bertz CT molecular complexity index is 466. The molecule has 0 heterocycles. The van der Waals surface area contributed by atoms with E-state index >= 15 is 0 Å². The Kier molecular flexibility index (Phi) is 6.65. The van der Waals surface area contributed by atoms with Crippen molar-refractivity contribution >= 4 is 5.78 Å². The molecule has 1 unspecified atom stereocenters. The zero-order valence-electron chi connectivity index (χ0n) is 11.3. The molecular weight excluding hydrogens is 264 g/mol. The van der Waals surface area contributed by atoms with Crippen LogP contribution in [0.5, 0.6) is 5.75 Å². The van der Waals surface area contributed by atoms with Crippen molar-refractivity contribution in [2.45, 2.75) is 45.1 Å². The molecule has 5 heteroatoms. The maximum Gasteiger partial charge on any atom is 0.387 e. The van der Waals surface area contributed by atoms with E-state index < -0.39 is 12.5 Å². The van der Waals surface area contributed by atoms with Crippen molar-refractivity contribution < 1.29 is 18.3 Å². The second-order valence-electron chi connectivity index (χ2n) is 4.43. The van der Waals surface area contributed by atoms with Crippen molar-refractivity contribution in [3.63, 3.8) is 0 Å². The molecule has 0 saturated carbocycles. The average Bonchev–Trinajstić information content (AvgIpc) is 2.41. The molecule has 0 saturated heterocycles. The van der Waals surface area contributed by atoms with Gasteiger partial charge in [0.1, 0.15) is 11.7 Å². The van der Waals surface area contributed by atoms with Crippen LogP contribution in [-0.2, 0) is 4.79 Å². The predicted molar refractivity (Wildman–Crippen MR) is 70.6 cm³/mol. The molecule has 0 aliphatic heterocycles.